The minimum absolute atomic E-state index is 0.0814. The summed E-state index contributed by atoms with van der Waals surface area (Å²) in [7, 11) is 1.55. The van der Waals surface area contributed by atoms with Gasteiger partial charge in [-0.05, 0) is 12.5 Å². The fourth-order valence-corrected chi connectivity index (χ4v) is 2.08. The molecule has 0 aromatic carbocycles. The average Bonchev–Trinajstić information content (AvgIpc) is 2.82. The van der Waals surface area contributed by atoms with Gasteiger partial charge in [-0.2, -0.15) is 4.98 Å². The van der Waals surface area contributed by atoms with E-state index in [0.717, 1.165) is 6.42 Å². The maximum Gasteiger partial charge on any atom is 0.240 e. The molecular weight excluding hydrogens is 280 g/mol. The third-order valence-corrected chi connectivity index (χ3v) is 3.09. The molecule has 2 heterocycles. The van der Waals surface area contributed by atoms with Gasteiger partial charge in [0.05, 0.1) is 13.0 Å². The molecule has 2 aromatic heterocycles. The third kappa shape index (κ3) is 3.01. The van der Waals surface area contributed by atoms with Crippen LogP contribution in [0.15, 0.2) is 12.1 Å². The lowest BCUT2D eigenvalue weighted by Crippen LogP contribution is -2.28. The summed E-state index contributed by atoms with van der Waals surface area (Å²) in [5.74, 6) is 1.24. The fraction of sp³-hybridized carbons (Fsp3) is 0.462. The number of ether oxygens (including phenoxy) is 1. The second kappa shape index (κ2) is 6.56. The number of amides is 1. The van der Waals surface area contributed by atoms with E-state index in [1.54, 1.807) is 23.8 Å². The van der Waals surface area contributed by atoms with Crippen LogP contribution < -0.4 is 10.1 Å². The van der Waals surface area contributed by atoms with Crippen molar-refractivity contribution < 1.29 is 9.53 Å². The average molecular weight is 297 g/mol. The monoisotopic (exact) mass is 296 g/mol. The standard InChI is InChI=1S/C13H17ClN4O2/c1-3-6-15-11(19)8-18-10(7-14)16-9-4-5-12(20-2)17-13(9)18/h4-5H,3,6-8H2,1-2H3,(H,15,19). The molecule has 6 nitrogen and oxygen atoms in total. The van der Waals surface area contributed by atoms with Gasteiger partial charge < -0.3 is 14.6 Å². The normalized spacial score (nSPS) is 10.8. The fourth-order valence-electron chi connectivity index (χ4n) is 1.88. The van der Waals surface area contributed by atoms with E-state index in [0.29, 0.717) is 29.4 Å². The number of pyridine rings is 1. The second-order valence-electron chi connectivity index (χ2n) is 4.29. The van der Waals surface area contributed by atoms with E-state index in [4.69, 9.17) is 16.3 Å². The van der Waals surface area contributed by atoms with Gasteiger partial charge in [-0.1, -0.05) is 6.92 Å². The SMILES string of the molecule is CCCNC(=O)Cn1c(CCl)nc2ccc(OC)nc21. The van der Waals surface area contributed by atoms with Crippen molar-refractivity contribution in [2.45, 2.75) is 25.8 Å². The highest BCUT2D eigenvalue weighted by molar-refractivity contribution is 6.16. The maximum absolute atomic E-state index is 11.9. The van der Waals surface area contributed by atoms with Crippen LogP contribution in [0.2, 0.25) is 0 Å². The number of nitrogens with zero attached hydrogens (tertiary/aromatic N) is 3. The van der Waals surface area contributed by atoms with Crippen molar-refractivity contribution in [2.24, 2.45) is 0 Å². The summed E-state index contributed by atoms with van der Waals surface area (Å²) in [4.78, 5) is 20.6. The van der Waals surface area contributed by atoms with Gasteiger partial charge in [0.25, 0.3) is 0 Å². The zero-order valence-electron chi connectivity index (χ0n) is 11.5. The van der Waals surface area contributed by atoms with Gasteiger partial charge >= 0.3 is 0 Å². The van der Waals surface area contributed by atoms with E-state index in [9.17, 15) is 4.79 Å². The van der Waals surface area contributed by atoms with Crippen molar-refractivity contribution in [2.75, 3.05) is 13.7 Å². The topological polar surface area (TPSA) is 69.0 Å². The van der Waals surface area contributed by atoms with Gasteiger partial charge in [0, 0.05) is 12.6 Å². The first-order chi connectivity index (χ1) is 9.69. The molecule has 0 bridgehead atoms. The van der Waals surface area contributed by atoms with Crippen LogP contribution >= 0.6 is 11.6 Å². The zero-order valence-corrected chi connectivity index (χ0v) is 12.3. The third-order valence-electron chi connectivity index (χ3n) is 2.85. The Bertz CT molecular complexity index is 612. The second-order valence-corrected chi connectivity index (χ2v) is 4.56. The molecule has 0 radical (unpaired) electrons. The number of methoxy groups -OCH3 is 1. The summed E-state index contributed by atoms with van der Waals surface area (Å²) < 4.78 is 6.82. The lowest BCUT2D eigenvalue weighted by molar-refractivity contribution is -0.121. The van der Waals surface area contributed by atoms with E-state index in [1.165, 1.54) is 0 Å². The van der Waals surface area contributed by atoms with Gasteiger partial charge in [-0.3, -0.25) is 4.79 Å². The van der Waals surface area contributed by atoms with Gasteiger partial charge in [0.1, 0.15) is 17.9 Å². The maximum atomic E-state index is 11.9. The molecule has 2 aromatic rings. The predicted molar refractivity (Wildman–Crippen MR) is 76.9 cm³/mol. The number of rotatable bonds is 6. The number of carbonyl (C=O) groups is 1. The number of hydrogen-bond acceptors (Lipinski definition) is 4. The Hall–Kier alpha value is -1.82. The molecule has 0 saturated heterocycles. The van der Waals surface area contributed by atoms with Gasteiger partial charge in [-0.25, -0.2) is 4.98 Å². The van der Waals surface area contributed by atoms with Crippen molar-refractivity contribution in [1.82, 2.24) is 19.9 Å². The predicted octanol–water partition coefficient (Wildman–Crippen LogP) is 1.70. The summed E-state index contributed by atoms with van der Waals surface area (Å²) in [6.07, 6.45) is 0.894. The molecule has 0 aliphatic rings. The molecule has 2 rings (SSSR count). The van der Waals surface area contributed by atoms with Crippen LogP contribution in [-0.2, 0) is 17.2 Å². The number of fused-ring (bicyclic) bond motifs is 1. The summed E-state index contributed by atoms with van der Waals surface area (Å²) >= 11 is 5.89. The molecule has 0 atom stereocenters. The first-order valence-corrected chi connectivity index (χ1v) is 6.95. The lowest BCUT2D eigenvalue weighted by Gasteiger charge is -2.08. The Labute approximate surface area is 122 Å². The number of aromatic nitrogens is 3. The van der Waals surface area contributed by atoms with Crippen LogP contribution in [0.25, 0.3) is 11.2 Å². The van der Waals surface area contributed by atoms with E-state index < -0.39 is 0 Å². The molecule has 0 fully saturated rings. The summed E-state index contributed by atoms with van der Waals surface area (Å²) in [5.41, 5.74) is 1.30. The van der Waals surface area contributed by atoms with Crippen molar-refractivity contribution in [1.29, 1.82) is 0 Å². The number of carbonyl (C=O) groups excluding carboxylic acids is 1. The van der Waals surface area contributed by atoms with Gasteiger partial charge in [0.15, 0.2) is 5.65 Å². The van der Waals surface area contributed by atoms with Crippen molar-refractivity contribution in [3.8, 4) is 5.88 Å². The summed E-state index contributed by atoms with van der Waals surface area (Å²) in [6.45, 7) is 2.81. The number of imidazole rings is 1. The Kier molecular flexibility index (Phi) is 4.79. The Morgan fingerprint density at radius 2 is 2.25 bits per heavy atom. The van der Waals surface area contributed by atoms with E-state index in [2.05, 4.69) is 15.3 Å². The lowest BCUT2D eigenvalue weighted by atomic mass is 10.4. The number of nitrogens with one attached hydrogen (secondary N) is 1. The Balaban J connectivity index is 2.35. The molecule has 108 valence electrons. The zero-order chi connectivity index (χ0) is 14.5. The first-order valence-electron chi connectivity index (χ1n) is 6.42. The van der Waals surface area contributed by atoms with Crippen molar-refractivity contribution in [3.63, 3.8) is 0 Å². The van der Waals surface area contributed by atoms with E-state index >= 15 is 0 Å². The van der Waals surface area contributed by atoms with Gasteiger partial charge in [0.2, 0.25) is 11.8 Å². The largest absolute Gasteiger partial charge is 0.481 e. The molecular formula is C13H17ClN4O2. The molecule has 0 aliphatic carbocycles. The quantitative estimate of drug-likeness (QED) is 0.824. The molecule has 7 heteroatoms. The number of halogens is 1. The van der Waals surface area contributed by atoms with Crippen LogP contribution in [0.1, 0.15) is 19.2 Å². The molecule has 0 unspecified atom stereocenters. The molecule has 1 amide bonds. The molecule has 20 heavy (non-hydrogen) atoms. The number of hydrogen-bond donors (Lipinski definition) is 1. The van der Waals surface area contributed by atoms with Crippen LogP contribution in [0, 0.1) is 0 Å². The highest BCUT2D eigenvalue weighted by atomic mass is 35.5. The summed E-state index contributed by atoms with van der Waals surface area (Å²) in [6, 6.07) is 3.53. The molecule has 0 aliphatic heterocycles. The first kappa shape index (κ1) is 14.6. The Morgan fingerprint density at radius 3 is 2.90 bits per heavy atom. The van der Waals surface area contributed by atoms with Crippen LogP contribution in [-0.4, -0.2) is 34.1 Å². The highest BCUT2D eigenvalue weighted by Crippen LogP contribution is 2.19. The molecule has 0 spiro atoms. The van der Waals surface area contributed by atoms with E-state index in [-0.39, 0.29) is 18.3 Å². The molecule has 1 N–H and O–H groups in total. The smallest absolute Gasteiger partial charge is 0.240 e. The van der Waals surface area contributed by atoms with Crippen molar-refractivity contribution >= 4 is 28.7 Å². The minimum atomic E-state index is -0.0814. The Morgan fingerprint density at radius 1 is 1.45 bits per heavy atom. The molecule has 0 saturated carbocycles. The number of alkyl halides is 1. The van der Waals surface area contributed by atoms with Crippen LogP contribution in [0.3, 0.4) is 0 Å². The minimum Gasteiger partial charge on any atom is -0.481 e. The van der Waals surface area contributed by atoms with E-state index in [1.807, 2.05) is 6.92 Å². The van der Waals surface area contributed by atoms with Crippen LogP contribution in [0.5, 0.6) is 5.88 Å². The van der Waals surface area contributed by atoms with Gasteiger partial charge in [-0.15, -0.1) is 11.6 Å². The summed E-state index contributed by atoms with van der Waals surface area (Å²) in [5, 5.41) is 2.83. The van der Waals surface area contributed by atoms with Crippen LogP contribution in [0.4, 0.5) is 0 Å². The van der Waals surface area contributed by atoms with Crippen molar-refractivity contribution in [3.05, 3.63) is 18.0 Å². The highest BCUT2D eigenvalue weighted by Gasteiger charge is 2.14.